The number of benzene rings is 1. The van der Waals surface area contributed by atoms with Crippen LogP contribution in [0.1, 0.15) is 58.4 Å². The van der Waals surface area contributed by atoms with E-state index in [9.17, 15) is 8.76 Å². The minimum absolute atomic E-state index is 0.384. The molecule has 1 aromatic rings. The van der Waals surface area contributed by atoms with E-state index in [1.54, 1.807) is 6.07 Å². The second-order valence-electron chi connectivity index (χ2n) is 7.75. The average molecular weight is 355 g/mol. The largest absolute Gasteiger partial charge is 0.302 e. The first-order valence-electron chi connectivity index (χ1n) is 8.67. The normalized spacial score (nSPS) is 23.7. The summed E-state index contributed by atoms with van der Waals surface area (Å²) >= 11 is 0.239. The average Bonchev–Trinajstić information content (AvgIpc) is 2.51. The lowest BCUT2D eigenvalue weighted by atomic mass is 9.80. The van der Waals surface area contributed by atoms with Crippen LogP contribution in [0, 0.1) is 11.8 Å². The van der Waals surface area contributed by atoms with Gasteiger partial charge in [-0.1, -0.05) is 45.7 Å². The quantitative estimate of drug-likeness (QED) is 0.682. The standard InChI is InChI=1S/C19H30O2S2/c1-19(2,3)22-14-17-11-8-15(9-12-17)7-10-16-5-4-6-18(13-16)23(20)21/h4-6,13,15,17H,7-12,14H2,1-3H3,(H,20,21). The molecule has 4 heteroatoms. The van der Waals surface area contributed by atoms with Gasteiger partial charge < -0.3 is 4.55 Å². The van der Waals surface area contributed by atoms with E-state index in [-0.39, 0.29) is 0 Å². The molecule has 0 spiro atoms. The van der Waals surface area contributed by atoms with Gasteiger partial charge in [0.25, 0.3) is 0 Å². The molecule has 1 fully saturated rings. The third-order valence-corrected chi connectivity index (χ3v) is 6.82. The van der Waals surface area contributed by atoms with Gasteiger partial charge in [-0.2, -0.15) is 11.8 Å². The smallest absolute Gasteiger partial charge is 0.186 e. The minimum atomic E-state index is -1.86. The summed E-state index contributed by atoms with van der Waals surface area (Å²) in [6.07, 6.45) is 7.67. The van der Waals surface area contributed by atoms with Gasteiger partial charge in [-0.05, 0) is 61.0 Å². The summed E-state index contributed by atoms with van der Waals surface area (Å²) in [5, 5.41) is 0. The third kappa shape index (κ3) is 6.98. The van der Waals surface area contributed by atoms with Crippen molar-refractivity contribution in [1.29, 1.82) is 0 Å². The Morgan fingerprint density at radius 3 is 2.43 bits per heavy atom. The second kappa shape index (κ2) is 8.68. The summed E-state index contributed by atoms with van der Waals surface area (Å²) in [6.45, 7) is 6.91. The number of rotatable bonds is 6. The van der Waals surface area contributed by atoms with Crippen molar-refractivity contribution in [2.75, 3.05) is 5.75 Å². The molecule has 0 bridgehead atoms. The monoisotopic (exact) mass is 354 g/mol. The Bertz CT molecular complexity index is 514. The van der Waals surface area contributed by atoms with Gasteiger partial charge in [0.15, 0.2) is 11.1 Å². The Hall–Kier alpha value is -0.320. The SMILES string of the molecule is CC(C)(C)SCC1CCC(CCc2cccc(S(=O)O)c2)CC1. The van der Waals surface area contributed by atoms with Crippen LogP contribution >= 0.6 is 11.8 Å². The molecule has 1 aromatic carbocycles. The predicted octanol–water partition coefficient (Wildman–Crippen LogP) is 5.54. The van der Waals surface area contributed by atoms with Gasteiger partial charge in [0, 0.05) is 4.75 Å². The molecular weight excluding hydrogens is 324 g/mol. The molecule has 0 aromatic heterocycles. The molecule has 0 radical (unpaired) electrons. The van der Waals surface area contributed by atoms with Crippen LogP contribution in [0.15, 0.2) is 29.2 Å². The molecule has 130 valence electrons. The summed E-state index contributed by atoms with van der Waals surface area (Å²) in [5.41, 5.74) is 1.19. The van der Waals surface area contributed by atoms with Crippen molar-refractivity contribution in [2.45, 2.75) is 68.9 Å². The van der Waals surface area contributed by atoms with Crippen LogP contribution in [0.3, 0.4) is 0 Å². The number of aryl methyl sites for hydroxylation is 1. The molecule has 1 saturated carbocycles. The summed E-state index contributed by atoms with van der Waals surface area (Å²) in [5.74, 6) is 3.03. The van der Waals surface area contributed by atoms with E-state index in [0.717, 1.165) is 18.3 Å². The lowest BCUT2D eigenvalue weighted by Crippen LogP contribution is -2.19. The molecule has 0 saturated heterocycles. The van der Waals surface area contributed by atoms with Crippen LogP contribution in [-0.2, 0) is 17.5 Å². The summed E-state index contributed by atoms with van der Waals surface area (Å²) < 4.78 is 20.7. The fourth-order valence-corrected chi connectivity index (χ4v) is 4.75. The molecule has 23 heavy (non-hydrogen) atoms. The molecule has 0 aliphatic heterocycles. The van der Waals surface area contributed by atoms with Crippen LogP contribution in [0.4, 0.5) is 0 Å². The van der Waals surface area contributed by atoms with Crippen molar-refractivity contribution < 1.29 is 8.76 Å². The maximum atomic E-state index is 11.1. The Kier molecular flexibility index (Phi) is 7.18. The van der Waals surface area contributed by atoms with Gasteiger partial charge in [-0.3, -0.25) is 0 Å². The summed E-state index contributed by atoms with van der Waals surface area (Å²) in [4.78, 5) is 0.519. The van der Waals surface area contributed by atoms with E-state index < -0.39 is 11.1 Å². The highest BCUT2D eigenvalue weighted by Gasteiger charge is 2.23. The number of thioether (sulfide) groups is 1. The second-order valence-corrected chi connectivity index (χ2v) is 10.6. The van der Waals surface area contributed by atoms with Crippen LogP contribution in [-0.4, -0.2) is 19.3 Å². The number of hydrogen-bond acceptors (Lipinski definition) is 2. The van der Waals surface area contributed by atoms with Crippen molar-refractivity contribution in [3.05, 3.63) is 29.8 Å². The first-order chi connectivity index (χ1) is 10.8. The molecule has 2 rings (SSSR count). The minimum Gasteiger partial charge on any atom is -0.302 e. The van der Waals surface area contributed by atoms with E-state index in [2.05, 4.69) is 38.6 Å². The van der Waals surface area contributed by atoms with Crippen LogP contribution in [0.2, 0.25) is 0 Å². The van der Waals surface area contributed by atoms with E-state index >= 15 is 0 Å². The van der Waals surface area contributed by atoms with Gasteiger partial charge in [-0.25, -0.2) is 4.21 Å². The third-order valence-electron chi connectivity index (χ3n) is 4.66. The summed E-state index contributed by atoms with van der Waals surface area (Å²) in [7, 11) is 0. The Morgan fingerprint density at radius 2 is 1.83 bits per heavy atom. The maximum absolute atomic E-state index is 11.1. The van der Waals surface area contributed by atoms with Crippen molar-refractivity contribution in [3.8, 4) is 0 Å². The molecule has 2 nitrogen and oxygen atoms in total. The maximum Gasteiger partial charge on any atom is 0.186 e. The van der Waals surface area contributed by atoms with Gasteiger partial charge in [-0.15, -0.1) is 0 Å². The first kappa shape index (κ1) is 19.0. The van der Waals surface area contributed by atoms with Gasteiger partial charge in [0.2, 0.25) is 0 Å². The lowest BCUT2D eigenvalue weighted by Gasteiger charge is -2.30. The van der Waals surface area contributed by atoms with Crippen molar-refractivity contribution in [3.63, 3.8) is 0 Å². The fourth-order valence-electron chi connectivity index (χ4n) is 3.24. The highest BCUT2D eigenvalue weighted by molar-refractivity contribution is 8.00. The van der Waals surface area contributed by atoms with Crippen molar-refractivity contribution >= 4 is 22.8 Å². The molecule has 0 amide bonds. The predicted molar refractivity (Wildman–Crippen MR) is 101 cm³/mol. The van der Waals surface area contributed by atoms with Crippen molar-refractivity contribution in [1.82, 2.24) is 0 Å². The molecule has 0 heterocycles. The Balaban J connectivity index is 1.72. The Labute approximate surface area is 148 Å². The van der Waals surface area contributed by atoms with Gasteiger partial charge in [0.05, 0.1) is 4.90 Å². The first-order valence-corrected chi connectivity index (χ1v) is 10.8. The number of hydrogen-bond donors (Lipinski definition) is 1. The van der Waals surface area contributed by atoms with E-state index in [1.807, 2.05) is 12.1 Å². The molecule has 1 unspecified atom stereocenters. The lowest BCUT2D eigenvalue weighted by molar-refractivity contribution is 0.280. The topological polar surface area (TPSA) is 37.3 Å². The van der Waals surface area contributed by atoms with E-state index in [4.69, 9.17) is 0 Å². The van der Waals surface area contributed by atoms with E-state index in [0.29, 0.717) is 9.64 Å². The highest BCUT2D eigenvalue weighted by Crippen LogP contribution is 2.36. The van der Waals surface area contributed by atoms with Crippen LogP contribution in [0.5, 0.6) is 0 Å². The molecule has 1 aliphatic carbocycles. The highest BCUT2D eigenvalue weighted by atomic mass is 32.2. The van der Waals surface area contributed by atoms with Gasteiger partial charge >= 0.3 is 0 Å². The molecule has 1 aliphatic rings. The zero-order valence-electron chi connectivity index (χ0n) is 14.6. The zero-order valence-corrected chi connectivity index (χ0v) is 16.2. The molecule has 1 N–H and O–H groups in total. The Morgan fingerprint density at radius 1 is 1.17 bits per heavy atom. The zero-order chi connectivity index (χ0) is 16.9. The van der Waals surface area contributed by atoms with E-state index in [1.165, 1.54) is 43.4 Å². The summed E-state index contributed by atoms with van der Waals surface area (Å²) in [6, 6.07) is 7.56. The van der Waals surface area contributed by atoms with Crippen LogP contribution < -0.4 is 0 Å². The fraction of sp³-hybridized carbons (Fsp3) is 0.684. The van der Waals surface area contributed by atoms with Crippen LogP contribution in [0.25, 0.3) is 0 Å². The molecule has 1 atom stereocenters. The van der Waals surface area contributed by atoms with Gasteiger partial charge in [0.1, 0.15) is 0 Å². The molecular formula is C19H30O2S2. The van der Waals surface area contributed by atoms with Crippen molar-refractivity contribution in [2.24, 2.45) is 11.8 Å².